The molecular weight excluding hydrogens is 300 g/mol. The van der Waals surface area contributed by atoms with Crippen LogP contribution in [0, 0.1) is 5.92 Å². The molecule has 2 fully saturated rings. The van der Waals surface area contributed by atoms with E-state index in [1.54, 1.807) is 0 Å². The number of rotatable bonds is 4. The van der Waals surface area contributed by atoms with Crippen molar-refractivity contribution in [3.63, 3.8) is 0 Å². The molecule has 24 heavy (non-hydrogen) atoms. The van der Waals surface area contributed by atoms with Gasteiger partial charge in [-0.1, -0.05) is 18.6 Å². The van der Waals surface area contributed by atoms with Crippen molar-refractivity contribution in [2.45, 2.75) is 51.0 Å². The maximum absolute atomic E-state index is 12.3. The van der Waals surface area contributed by atoms with E-state index in [1.807, 2.05) is 6.07 Å². The Hall–Kier alpha value is -1.55. The molecule has 0 bridgehead atoms. The topological polar surface area (TPSA) is 41.6 Å². The molecule has 2 atom stereocenters. The van der Waals surface area contributed by atoms with Gasteiger partial charge in [-0.15, -0.1) is 0 Å². The highest BCUT2D eigenvalue weighted by molar-refractivity contribution is 5.78. The van der Waals surface area contributed by atoms with Crippen LogP contribution in [0.2, 0.25) is 0 Å². The van der Waals surface area contributed by atoms with E-state index in [9.17, 15) is 4.79 Å². The fraction of sp³-hybridized carbons (Fsp3) is 0.650. The molecule has 0 spiro atoms. The summed E-state index contributed by atoms with van der Waals surface area (Å²) in [6.45, 7) is 4.11. The Morgan fingerprint density at radius 1 is 1.21 bits per heavy atom. The molecule has 0 unspecified atom stereocenters. The first-order chi connectivity index (χ1) is 11.8. The van der Waals surface area contributed by atoms with Crippen molar-refractivity contribution >= 4 is 5.91 Å². The van der Waals surface area contributed by atoms with Gasteiger partial charge in [0.25, 0.3) is 0 Å². The SMILES string of the molecule is O=C(Cc1ccc2c(c1)OCC2)NC[C@H]1CCCN2CCCC[C@@H]12. The maximum atomic E-state index is 12.3. The van der Waals surface area contributed by atoms with E-state index in [1.165, 1.54) is 50.8 Å². The molecule has 0 aromatic heterocycles. The summed E-state index contributed by atoms with van der Waals surface area (Å²) in [5, 5.41) is 3.20. The number of benzene rings is 1. The second-order valence-corrected chi connectivity index (χ2v) is 7.52. The summed E-state index contributed by atoms with van der Waals surface area (Å²) in [7, 11) is 0. The average molecular weight is 328 g/mol. The minimum Gasteiger partial charge on any atom is -0.493 e. The average Bonchev–Trinajstić information content (AvgIpc) is 3.07. The molecule has 1 aromatic carbocycles. The molecule has 130 valence electrons. The van der Waals surface area contributed by atoms with Gasteiger partial charge >= 0.3 is 0 Å². The number of piperidine rings is 2. The van der Waals surface area contributed by atoms with E-state index in [-0.39, 0.29) is 5.91 Å². The van der Waals surface area contributed by atoms with Gasteiger partial charge in [-0.3, -0.25) is 4.79 Å². The predicted octanol–water partition coefficient (Wildman–Crippen LogP) is 2.54. The molecule has 3 aliphatic rings. The van der Waals surface area contributed by atoms with Gasteiger partial charge in [-0.2, -0.15) is 0 Å². The van der Waals surface area contributed by atoms with Gasteiger partial charge in [0.1, 0.15) is 5.75 Å². The lowest BCUT2D eigenvalue weighted by Crippen LogP contribution is -2.51. The van der Waals surface area contributed by atoms with Crippen molar-refractivity contribution in [2.24, 2.45) is 5.92 Å². The van der Waals surface area contributed by atoms with E-state index in [0.717, 1.165) is 30.9 Å². The van der Waals surface area contributed by atoms with Gasteiger partial charge in [-0.05, 0) is 61.9 Å². The Morgan fingerprint density at radius 2 is 2.12 bits per heavy atom. The first-order valence-electron chi connectivity index (χ1n) is 9.55. The first-order valence-corrected chi connectivity index (χ1v) is 9.55. The molecule has 2 saturated heterocycles. The monoisotopic (exact) mass is 328 g/mol. The van der Waals surface area contributed by atoms with Crippen LogP contribution in [0.3, 0.4) is 0 Å². The van der Waals surface area contributed by atoms with Gasteiger partial charge in [0.15, 0.2) is 0 Å². The first kappa shape index (κ1) is 15.9. The Bertz CT molecular complexity index is 599. The summed E-state index contributed by atoms with van der Waals surface area (Å²) in [5.74, 6) is 1.73. The molecule has 0 saturated carbocycles. The summed E-state index contributed by atoms with van der Waals surface area (Å²) in [6.07, 6.45) is 7.98. The number of nitrogens with one attached hydrogen (secondary N) is 1. The third-order valence-corrected chi connectivity index (χ3v) is 5.92. The van der Waals surface area contributed by atoms with E-state index in [4.69, 9.17) is 4.74 Å². The van der Waals surface area contributed by atoms with E-state index >= 15 is 0 Å². The quantitative estimate of drug-likeness (QED) is 0.923. The summed E-state index contributed by atoms with van der Waals surface area (Å²) in [6, 6.07) is 6.90. The van der Waals surface area contributed by atoms with Gasteiger partial charge < -0.3 is 15.0 Å². The highest BCUT2D eigenvalue weighted by Gasteiger charge is 2.32. The van der Waals surface area contributed by atoms with Gasteiger partial charge in [0.05, 0.1) is 13.0 Å². The Labute approximate surface area is 144 Å². The molecule has 4 rings (SSSR count). The van der Waals surface area contributed by atoms with Gasteiger partial charge in [0, 0.05) is 19.0 Å². The second-order valence-electron chi connectivity index (χ2n) is 7.52. The Morgan fingerprint density at radius 3 is 3.08 bits per heavy atom. The van der Waals surface area contributed by atoms with Crippen molar-refractivity contribution < 1.29 is 9.53 Å². The number of hydrogen-bond acceptors (Lipinski definition) is 3. The molecule has 0 radical (unpaired) electrons. The van der Waals surface area contributed by atoms with Crippen LogP contribution in [-0.2, 0) is 17.6 Å². The lowest BCUT2D eigenvalue weighted by Gasteiger charge is -2.44. The number of carbonyl (C=O) groups is 1. The predicted molar refractivity (Wildman–Crippen MR) is 94.3 cm³/mol. The number of fused-ring (bicyclic) bond motifs is 2. The highest BCUT2D eigenvalue weighted by Crippen LogP contribution is 2.30. The fourth-order valence-electron chi connectivity index (χ4n) is 4.63. The fourth-order valence-corrected chi connectivity index (χ4v) is 4.63. The number of nitrogens with zero attached hydrogens (tertiary/aromatic N) is 1. The summed E-state index contributed by atoms with van der Waals surface area (Å²) < 4.78 is 5.60. The molecule has 3 heterocycles. The molecule has 0 aliphatic carbocycles. The van der Waals surface area contributed by atoms with Crippen LogP contribution in [0.1, 0.15) is 43.2 Å². The molecule has 4 nitrogen and oxygen atoms in total. The van der Waals surface area contributed by atoms with Gasteiger partial charge in [-0.25, -0.2) is 0 Å². The van der Waals surface area contributed by atoms with Crippen molar-refractivity contribution in [3.05, 3.63) is 29.3 Å². The maximum Gasteiger partial charge on any atom is 0.224 e. The zero-order valence-corrected chi connectivity index (χ0v) is 14.4. The highest BCUT2D eigenvalue weighted by atomic mass is 16.5. The zero-order valence-electron chi connectivity index (χ0n) is 14.4. The minimum absolute atomic E-state index is 0.140. The normalized spacial score (nSPS) is 26.3. The molecule has 1 N–H and O–H groups in total. The van der Waals surface area contributed by atoms with Gasteiger partial charge in [0.2, 0.25) is 5.91 Å². The third kappa shape index (κ3) is 3.44. The van der Waals surface area contributed by atoms with E-state index in [0.29, 0.717) is 18.4 Å². The summed E-state index contributed by atoms with van der Waals surface area (Å²) in [5.41, 5.74) is 2.31. The zero-order chi connectivity index (χ0) is 16.4. The van der Waals surface area contributed by atoms with Crippen LogP contribution < -0.4 is 10.1 Å². The number of amides is 1. The minimum atomic E-state index is 0.140. The molecule has 1 aromatic rings. The lowest BCUT2D eigenvalue weighted by atomic mass is 9.83. The van der Waals surface area contributed by atoms with Crippen LogP contribution in [-0.4, -0.2) is 43.1 Å². The van der Waals surface area contributed by atoms with Crippen molar-refractivity contribution in [1.82, 2.24) is 10.2 Å². The number of carbonyl (C=O) groups excluding carboxylic acids is 1. The molecule has 3 aliphatic heterocycles. The van der Waals surface area contributed by atoms with Crippen molar-refractivity contribution in [2.75, 3.05) is 26.2 Å². The number of ether oxygens (including phenoxy) is 1. The largest absolute Gasteiger partial charge is 0.493 e. The summed E-state index contributed by atoms with van der Waals surface area (Å²) in [4.78, 5) is 15.0. The third-order valence-electron chi connectivity index (χ3n) is 5.92. The molecular formula is C20H28N2O2. The van der Waals surface area contributed by atoms with Crippen LogP contribution in [0.25, 0.3) is 0 Å². The number of hydrogen-bond donors (Lipinski definition) is 1. The van der Waals surface area contributed by atoms with Crippen LogP contribution >= 0.6 is 0 Å². The van der Waals surface area contributed by atoms with Crippen LogP contribution in [0.5, 0.6) is 5.75 Å². The second kappa shape index (κ2) is 7.14. The van der Waals surface area contributed by atoms with Crippen molar-refractivity contribution in [3.8, 4) is 5.75 Å². The summed E-state index contributed by atoms with van der Waals surface area (Å²) >= 11 is 0. The van der Waals surface area contributed by atoms with Crippen LogP contribution in [0.15, 0.2) is 18.2 Å². The van der Waals surface area contributed by atoms with Crippen LogP contribution in [0.4, 0.5) is 0 Å². The molecule has 1 amide bonds. The standard InChI is InChI=1S/C20H28N2O2/c23-20(13-15-6-7-16-8-11-24-19(16)12-15)21-14-17-4-3-10-22-9-2-1-5-18(17)22/h6-7,12,17-18H,1-5,8-11,13-14H2,(H,21,23)/t17-,18+/m1/s1. The molecule has 4 heteroatoms. The Balaban J connectivity index is 1.30. The Kier molecular flexibility index (Phi) is 4.74. The smallest absolute Gasteiger partial charge is 0.224 e. The van der Waals surface area contributed by atoms with E-state index < -0.39 is 0 Å². The van der Waals surface area contributed by atoms with Crippen molar-refractivity contribution in [1.29, 1.82) is 0 Å². The van der Waals surface area contributed by atoms with E-state index in [2.05, 4.69) is 22.3 Å². The lowest BCUT2D eigenvalue weighted by molar-refractivity contribution is -0.120.